The van der Waals surface area contributed by atoms with E-state index >= 15 is 0 Å². The highest BCUT2D eigenvalue weighted by molar-refractivity contribution is 7.27. The van der Waals surface area contributed by atoms with E-state index in [1.807, 2.05) is 17.5 Å². The minimum atomic E-state index is -0.968. The fourth-order valence-corrected chi connectivity index (χ4v) is 4.60. The van der Waals surface area contributed by atoms with Gasteiger partial charge in [0, 0.05) is 19.3 Å². The molecule has 0 aliphatic carbocycles. The lowest BCUT2D eigenvalue weighted by Crippen LogP contribution is -1.95. The minimum absolute atomic E-state index is 0.135. The summed E-state index contributed by atoms with van der Waals surface area (Å²) in [5, 5.41) is 1.56. The van der Waals surface area contributed by atoms with Gasteiger partial charge in [-0.15, -0.1) is 34.3 Å². The van der Waals surface area contributed by atoms with Gasteiger partial charge in [-0.1, -0.05) is 11.6 Å². The van der Waals surface area contributed by atoms with Crippen molar-refractivity contribution < 1.29 is 8.78 Å². The lowest BCUT2D eigenvalue weighted by molar-refractivity contribution is 0.507. The van der Waals surface area contributed by atoms with E-state index < -0.39 is 17.0 Å². The van der Waals surface area contributed by atoms with Crippen LogP contribution in [0.4, 0.5) is 8.78 Å². The van der Waals surface area contributed by atoms with Crippen LogP contribution < -0.4 is 0 Å². The summed E-state index contributed by atoms with van der Waals surface area (Å²) in [5.41, 5.74) is 0.385. The van der Waals surface area contributed by atoms with Crippen LogP contribution in [0.3, 0.4) is 0 Å². The molecule has 0 fully saturated rings. The molecule has 3 aromatic rings. The molecule has 0 N–H and O–H groups in total. The molecule has 0 nitrogen and oxygen atoms in total. The summed E-state index contributed by atoms with van der Waals surface area (Å²) in [6, 6.07) is 5.98. The molecule has 0 amide bonds. The number of rotatable bonds is 2. The SMILES string of the molecule is Fc1cc(Cl)c(C(Cl)c2cc3sccc3s2)cc1F. The molecule has 0 radical (unpaired) electrons. The predicted octanol–water partition coefficient (Wildman–Crippen LogP) is 6.22. The molecular formula is C13H6Cl2F2S2. The average molecular weight is 335 g/mol. The van der Waals surface area contributed by atoms with Gasteiger partial charge in [0.2, 0.25) is 0 Å². The van der Waals surface area contributed by atoms with Gasteiger partial charge in [0.05, 0.1) is 5.38 Å². The zero-order valence-electron chi connectivity index (χ0n) is 9.29. The van der Waals surface area contributed by atoms with Gasteiger partial charge in [0.25, 0.3) is 0 Å². The molecule has 98 valence electrons. The fraction of sp³-hybridized carbons (Fsp3) is 0.0769. The van der Waals surface area contributed by atoms with Crippen LogP contribution >= 0.6 is 45.9 Å². The van der Waals surface area contributed by atoms with Crippen LogP contribution in [0, 0.1) is 11.6 Å². The first-order valence-electron chi connectivity index (χ1n) is 5.31. The van der Waals surface area contributed by atoms with Crippen molar-refractivity contribution in [3.63, 3.8) is 0 Å². The van der Waals surface area contributed by atoms with Gasteiger partial charge in [0.1, 0.15) is 0 Å². The largest absolute Gasteiger partial charge is 0.204 e. The standard InChI is InChI=1S/C13H6Cl2F2S2/c14-7-4-9(17)8(16)3-6(7)13(15)12-5-11-10(19-12)1-2-18-11/h1-5,13H. The Labute approximate surface area is 126 Å². The molecule has 0 saturated heterocycles. The van der Waals surface area contributed by atoms with Crippen molar-refractivity contribution in [2.24, 2.45) is 0 Å². The zero-order valence-corrected chi connectivity index (χ0v) is 12.4. The second kappa shape index (κ2) is 5.02. The third-order valence-electron chi connectivity index (χ3n) is 2.72. The first-order valence-corrected chi connectivity index (χ1v) is 7.83. The second-order valence-corrected chi connectivity index (χ2v) is 6.85. The third-order valence-corrected chi connectivity index (χ3v) is 5.81. The summed E-state index contributed by atoms with van der Waals surface area (Å²) >= 11 is 15.4. The number of benzene rings is 1. The fourth-order valence-electron chi connectivity index (χ4n) is 1.79. The molecule has 19 heavy (non-hydrogen) atoms. The van der Waals surface area contributed by atoms with Gasteiger partial charge >= 0.3 is 0 Å². The van der Waals surface area contributed by atoms with Crippen molar-refractivity contribution >= 4 is 55.3 Å². The Hall–Kier alpha value is -0.680. The van der Waals surface area contributed by atoms with Gasteiger partial charge < -0.3 is 0 Å². The molecule has 6 heteroatoms. The molecule has 0 spiro atoms. The minimum Gasteiger partial charge on any atom is -0.204 e. The van der Waals surface area contributed by atoms with Gasteiger partial charge in [-0.2, -0.15) is 0 Å². The van der Waals surface area contributed by atoms with Gasteiger partial charge in [-0.05, 0) is 35.2 Å². The Morgan fingerprint density at radius 3 is 2.53 bits per heavy atom. The number of hydrogen-bond acceptors (Lipinski definition) is 2. The van der Waals surface area contributed by atoms with Crippen LogP contribution in [0.25, 0.3) is 9.40 Å². The van der Waals surface area contributed by atoms with Crippen molar-refractivity contribution in [3.8, 4) is 0 Å². The Bertz CT molecular complexity index is 720. The van der Waals surface area contributed by atoms with Crippen LogP contribution in [-0.2, 0) is 0 Å². The van der Waals surface area contributed by atoms with Crippen LogP contribution in [0.5, 0.6) is 0 Å². The Kier molecular flexibility index (Phi) is 3.52. The average Bonchev–Trinajstić information content (AvgIpc) is 2.93. The number of halogens is 4. The van der Waals surface area contributed by atoms with Crippen LogP contribution in [0.1, 0.15) is 15.8 Å². The highest BCUT2D eigenvalue weighted by Crippen LogP contribution is 2.41. The molecule has 2 aromatic heterocycles. The number of fused-ring (bicyclic) bond motifs is 1. The summed E-state index contributed by atoms with van der Waals surface area (Å²) in [6.07, 6.45) is 0. The van der Waals surface area contributed by atoms with E-state index in [9.17, 15) is 8.78 Å². The van der Waals surface area contributed by atoms with Crippen molar-refractivity contribution in [2.75, 3.05) is 0 Å². The maximum absolute atomic E-state index is 13.3. The first kappa shape index (κ1) is 13.3. The maximum atomic E-state index is 13.3. The number of alkyl halides is 1. The van der Waals surface area contributed by atoms with E-state index in [1.165, 1.54) is 11.3 Å². The van der Waals surface area contributed by atoms with Crippen molar-refractivity contribution in [2.45, 2.75) is 5.38 Å². The van der Waals surface area contributed by atoms with E-state index in [1.54, 1.807) is 11.3 Å². The molecule has 0 bridgehead atoms. The molecule has 2 heterocycles. The maximum Gasteiger partial charge on any atom is 0.160 e. The molecule has 1 aromatic carbocycles. The first-order chi connectivity index (χ1) is 9.06. The lowest BCUT2D eigenvalue weighted by Gasteiger charge is -2.10. The van der Waals surface area contributed by atoms with Gasteiger partial charge in [-0.25, -0.2) is 8.78 Å². The second-order valence-electron chi connectivity index (χ2n) is 3.95. The molecule has 3 rings (SSSR count). The quantitative estimate of drug-likeness (QED) is 0.385. The molecule has 1 unspecified atom stereocenters. The predicted molar refractivity (Wildman–Crippen MR) is 78.8 cm³/mol. The monoisotopic (exact) mass is 334 g/mol. The Morgan fingerprint density at radius 1 is 1.05 bits per heavy atom. The summed E-state index contributed by atoms with van der Waals surface area (Å²) < 4.78 is 28.6. The van der Waals surface area contributed by atoms with Crippen LogP contribution in [0.2, 0.25) is 5.02 Å². The molecule has 0 aliphatic rings. The van der Waals surface area contributed by atoms with E-state index in [-0.39, 0.29) is 5.02 Å². The van der Waals surface area contributed by atoms with Crippen LogP contribution in [0.15, 0.2) is 29.6 Å². The summed E-state index contributed by atoms with van der Waals surface area (Å²) in [4.78, 5) is 0.872. The Balaban J connectivity index is 2.06. The van der Waals surface area contributed by atoms with E-state index in [2.05, 4.69) is 0 Å². The number of thiophene rings is 2. The van der Waals surface area contributed by atoms with E-state index in [0.29, 0.717) is 5.56 Å². The smallest absolute Gasteiger partial charge is 0.160 e. The number of hydrogen-bond donors (Lipinski definition) is 0. The lowest BCUT2D eigenvalue weighted by atomic mass is 10.1. The highest BCUT2D eigenvalue weighted by Gasteiger charge is 2.19. The van der Waals surface area contributed by atoms with Crippen LogP contribution in [-0.4, -0.2) is 0 Å². The third kappa shape index (κ3) is 2.38. The normalized spacial score (nSPS) is 13.1. The highest BCUT2D eigenvalue weighted by atomic mass is 35.5. The Morgan fingerprint density at radius 2 is 1.79 bits per heavy atom. The van der Waals surface area contributed by atoms with Gasteiger partial charge in [0.15, 0.2) is 11.6 Å². The molecular weight excluding hydrogens is 329 g/mol. The summed E-state index contributed by atoms with van der Waals surface area (Å²) in [6.45, 7) is 0. The van der Waals surface area contributed by atoms with Crippen molar-refractivity contribution in [3.05, 3.63) is 56.7 Å². The van der Waals surface area contributed by atoms with Crippen molar-refractivity contribution in [1.82, 2.24) is 0 Å². The summed E-state index contributed by atoms with van der Waals surface area (Å²) in [7, 11) is 0. The topological polar surface area (TPSA) is 0 Å². The van der Waals surface area contributed by atoms with Crippen molar-refractivity contribution in [1.29, 1.82) is 0 Å². The van der Waals surface area contributed by atoms with E-state index in [0.717, 1.165) is 26.4 Å². The molecule has 1 atom stereocenters. The van der Waals surface area contributed by atoms with E-state index in [4.69, 9.17) is 23.2 Å². The zero-order chi connectivity index (χ0) is 13.6. The summed E-state index contributed by atoms with van der Waals surface area (Å²) in [5.74, 6) is -1.91. The van der Waals surface area contributed by atoms with Gasteiger partial charge in [-0.3, -0.25) is 0 Å². The molecule has 0 saturated carbocycles. The molecule has 0 aliphatic heterocycles.